The number of ether oxygens (including phenoxy) is 3. The van der Waals surface area contributed by atoms with Crippen LogP contribution in [0.5, 0.6) is 0 Å². The first kappa shape index (κ1) is 17.9. The number of thioether (sulfide) groups is 1. The average molecular weight is 279 g/mol. The number of rotatable bonds is 13. The molecular weight excluding hydrogens is 254 g/mol. The Morgan fingerprint density at radius 3 is 2.22 bits per heavy atom. The van der Waals surface area contributed by atoms with Crippen molar-refractivity contribution in [1.82, 2.24) is 5.32 Å². The van der Waals surface area contributed by atoms with Gasteiger partial charge in [-0.25, -0.2) is 0 Å². The fourth-order valence-electron chi connectivity index (χ4n) is 1.04. The molecule has 18 heavy (non-hydrogen) atoms. The Labute approximate surface area is 114 Å². The van der Waals surface area contributed by atoms with Gasteiger partial charge in [-0.15, -0.1) is 0 Å². The third-order valence-corrected chi connectivity index (χ3v) is 3.26. The van der Waals surface area contributed by atoms with Crippen molar-refractivity contribution in [1.29, 1.82) is 0 Å². The Hall–Kier alpha value is -0.140. The van der Waals surface area contributed by atoms with Gasteiger partial charge in [-0.1, -0.05) is 0 Å². The van der Waals surface area contributed by atoms with Gasteiger partial charge in [0.25, 0.3) is 0 Å². The number of carbonyl (C=O) groups excluding carboxylic acids is 1. The molecule has 0 amide bonds. The Balaban J connectivity index is 3.14. The van der Waals surface area contributed by atoms with Crippen molar-refractivity contribution in [3.8, 4) is 0 Å². The van der Waals surface area contributed by atoms with E-state index >= 15 is 0 Å². The number of ketones is 1. The molecule has 0 aliphatic heterocycles. The minimum absolute atomic E-state index is 0.00601. The van der Waals surface area contributed by atoms with Crippen LogP contribution in [0.25, 0.3) is 0 Å². The zero-order valence-electron chi connectivity index (χ0n) is 11.6. The van der Waals surface area contributed by atoms with Gasteiger partial charge in [-0.05, 0) is 20.2 Å². The molecular formula is C12H25NO4S. The lowest BCUT2D eigenvalue weighted by Crippen LogP contribution is -2.21. The number of nitrogens with one attached hydrogen (secondary N) is 1. The zero-order valence-corrected chi connectivity index (χ0v) is 12.4. The van der Waals surface area contributed by atoms with E-state index in [9.17, 15) is 4.79 Å². The van der Waals surface area contributed by atoms with E-state index in [1.165, 1.54) is 11.8 Å². The van der Waals surface area contributed by atoms with Crippen molar-refractivity contribution < 1.29 is 19.0 Å². The molecule has 0 aromatic heterocycles. The predicted molar refractivity (Wildman–Crippen MR) is 74.4 cm³/mol. The number of Topliss-reactive ketones (excluding diaryl/α,β-unsaturated/α-hetero) is 1. The molecule has 0 fully saturated rings. The molecule has 0 aliphatic carbocycles. The highest BCUT2D eigenvalue weighted by molar-refractivity contribution is 7.99. The Morgan fingerprint density at radius 1 is 1.11 bits per heavy atom. The summed E-state index contributed by atoms with van der Waals surface area (Å²) in [4.78, 5) is 11.4. The lowest BCUT2D eigenvalue weighted by atomic mass is 10.3. The SMILES string of the molecule is CNCCOCCOCCOCC(=O)C(C)SC. The van der Waals surface area contributed by atoms with Crippen molar-refractivity contribution in [2.75, 3.05) is 59.5 Å². The molecule has 0 aromatic rings. The molecule has 1 atom stereocenters. The number of carbonyl (C=O) groups is 1. The summed E-state index contributed by atoms with van der Waals surface area (Å²) in [5.74, 6) is 0.123. The molecule has 0 saturated heterocycles. The van der Waals surface area contributed by atoms with E-state index in [4.69, 9.17) is 14.2 Å². The Morgan fingerprint density at radius 2 is 1.67 bits per heavy atom. The van der Waals surface area contributed by atoms with Crippen LogP contribution in [-0.2, 0) is 19.0 Å². The number of hydrogen-bond acceptors (Lipinski definition) is 6. The third-order valence-electron chi connectivity index (χ3n) is 2.29. The smallest absolute Gasteiger partial charge is 0.171 e. The maximum Gasteiger partial charge on any atom is 0.171 e. The summed E-state index contributed by atoms with van der Waals surface area (Å²) < 4.78 is 15.8. The fourth-order valence-corrected chi connectivity index (χ4v) is 1.37. The van der Waals surface area contributed by atoms with Crippen molar-refractivity contribution in [2.45, 2.75) is 12.2 Å². The van der Waals surface area contributed by atoms with Crippen LogP contribution in [0.15, 0.2) is 0 Å². The molecule has 0 aliphatic rings. The first-order chi connectivity index (χ1) is 8.72. The lowest BCUT2D eigenvalue weighted by Gasteiger charge is -2.08. The molecule has 1 unspecified atom stereocenters. The molecule has 0 bridgehead atoms. The van der Waals surface area contributed by atoms with E-state index < -0.39 is 0 Å². The first-order valence-corrected chi connectivity index (χ1v) is 7.44. The summed E-state index contributed by atoms with van der Waals surface area (Å²) in [5, 5.41) is 3.00. The summed E-state index contributed by atoms with van der Waals surface area (Å²) in [6, 6.07) is 0. The van der Waals surface area contributed by atoms with Crippen molar-refractivity contribution in [3.05, 3.63) is 0 Å². The fraction of sp³-hybridized carbons (Fsp3) is 0.917. The second kappa shape index (κ2) is 13.3. The van der Waals surface area contributed by atoms with Crippen LogP contribution in [0.3, 0.4) is 0 Å². The van der Waals surface area contributed by atoms with Gasteiger partial charge in [0.15, 0.2) is 5.78 Å². The quantitative estimate of drug-likeness (QED) is 0.498. The normalized spacial score (nSPS) is 12.6. The van der Waals surface area contributed by atoms with Crippen LogP contribution in [-0.4, -0.2) is 70.5 Å². The predicted octanol–water partition coefficient (Wildman–Crippen LogP) is 0.576. The maximum atomic E-state index is 11.4. The molecule has 0 aromatic carbocycles. The van der Waals surface area contributed by atoms with Gasteiger partial charge in [-0.2, -0.15) is 11.8 Å². The zero-order chi connectivity index (χ0) is 13.6. The van der Waals surface area contributed by atoms with Gasteiger partial charge >= 0.3 is 0 Å². The Bertz CT molecular complexity index is 205. The molecule has 108 valence electrons. The largest absolute Gasteiger partial charge is 0.378 e. The Kier molecular flexibility index (Phi) is 13.2. The molecule has 5 nitrogen and oxygen atoms in total. The van der Waals surface area contributed by atoms with E-state index in [2.05, 4.69) is 5.32 Å². The second-order valence-corrected chi connectivity index (χ2v) is 4.90. The van der Waals surface area contributed by atoms with Crippen molar-refractivity contribution >= 4 is 17.5 Å². The highest BCUT2D eigenvalue weighted by Gasteiger charge is 2.10. The molecule has 0 saturated carbocycles. The standard InChI is InChI=1S/C12H25NO4S/c1-11(18-3)12(14)10-17-9-8-16-7-6-15-5-4-13-2/h11,13H,4-10H2,1-3H3. The monoisotopic (exact) mass is 279 g/mol. The number of likely N-dealkylation sites (N-methyl/N-ethyl adjacent to an activating group) is 1. The molecule has 0 heterocycles. The molecule has 0 spiro atoms. The summed E-state index contributed by atoms with van der Waals surface area (Å²) >= 11 is 1.53. The van der Waals surface area contributed by atoms with E-state index in [1.54, 1.807) is 0 Å². The third kappa shape index (κ3) is 11.0. The highest BCUT2D eigenvalue weighted by atomic mass is 32.2. The van der Waals surface area contributed by atoms with Gasteiger partial charge in [0.1, 0.15) is 6.61 Å². The van der Waals surface area contributed by atoms with Crippen molar-refractivity contribution in [3.63, 3.8) is 0 Å². The molecule has 0 radical (unpaired) electrons. The first-order valence-electron chi connectivity index (χ1n) is 6.15. The lowest BCUT2D eigenvalue weighted by molar-refractivity contribution is -0.123. The van der Waals surface area contributed by atoms with Crippen LogP contribution in [0.1, 0.15) is 6.92 Å². The topological polar surface area (TPSA) is 56.8 Å². The van der Waals surface area contributed by atoms with Gasteiger partial charge < -0.3 is 19.5 Å². The maximum absolute atomic E-state index is 11.4. The second-order valence-electron chi connectivity index (χ2n) is 3.73. The van der Waals surface area contributed by atoms with E-state index in [-0.39, 0.29) is 17.6 Å². The van der Waals surface area contributed by atoms with Gasteiger partial charge in [0.2, 0.25) is 0 Å². The van der Waals surface area contributed by atoms with Crippen LogP contribution < -0.4 is 5.32 Å². The number of hydrogen-bond donors (Lipinski definition) is 1. The minimum Gasteiger partial charge on any atom is -0.378 e. The van der Waals surface area contributed by atoms with E-state index in [0.29, 0.717) is 33.0 Å². The summed E-state index contributed by atoms with van der Waals surface area (Å²) in [7, 11) is 1.89. The summed E-state index contributed by atoms with van der Waals surface area (Å²) in [6.07, 6.45) is 1.92. The molecule has 1 N–H and O–H groups in total. The summed E-state index contributed by atoms with van der Waals surface area (Å²) in [5.41, 5.74) is 0. The minimum atomic E-state index is 0.00601. The van der Waals surface area contributed by atoms with E-state index in [0.717, 1.165) is 6.54 Å². The highest BCUT2D eigenvalue weighted by Crippen LogP contribution is 2.05. The van der Waals surface area contributed by atoms with Crippen LogP contribution in [0.2, 0.25) is 0 Å². The average Bonchev–Trinajstić information content (AvgIpc) is 2.39. The molecule has 6 heteroatoms. The summed E-state index contributed by atoms with van der Waals surface area (Å²) in [6.45, 7) is 5.68. The van der Waals surface area contributed by atoms with Crippen molar-refractivity contribution in [2.24, 2.45) is 0 Å². The van der Waals surface area contributed by atoms with Crippen LogP contribution in [0.4, 0.5) is 0 Å². The van der Waals surface area contributed by atoms with Crippen LogP contribution >= 0.6 is 11.8 Å². The molecule has 0 rings (SSSR count). The van der Waals surface area contributed by atoms with Gasteiger partial charge in [-0.3, -0.25) is 4.79 Å². The van der Waals surface area contributed by atoms with E-state index in [1.807, 2.05) is 20.2 Å². The van der Waals surface area contributed by atoms with Gasteiger partial charge in [0, 0.05) is 6.54 Å². The van der Waals surface area contributed by atoms with Crippen LogP contribution in [0, 0.1) is 0 Å². The van der Waals surface area contributed by atoms with Gasteiger partial charge in [0.05, 0.1) is 38.3 Å².